The summed E-state index contributed by atoms with van der Waals surface area (Å²) in [5.74, 6) is 0. The largest absolute Gasteiger partial charge is 0.386 e. The maximum absolute atomic E-state index is 13.7. The molecule has 0 spiro atoms. The first-order valence-electron chi connectivity index (χ1n) is 5.96. The molecule has 1 heterocycles. The predicted molar refractivity (Wildman–Crippen MR) is 66.5 cm³/mol. The normalized spacial score (nSPS) is 31.7. The van der Waals surface area contributed by atoms with Gasteiger partial charge in [-0.05, 0) is 6.07 Å². The fourth-order valence-corrected chi connectivity index (χ4v) is 2.27. The van der Waals surface area contributed by atoms with Gasteiger partial charge in [0.05, 0.1) is 22.0 Å². The standard InChI is InChI=1S/C11H11FN2O8/c12-7-9(15)11(17,4-22-10(7)16)5-2-1-3-6(13(18)19)8(5)14(20)21/h1-3,7,9-10,15-17H,4H2/t7-,9-,10-,11+/m1/s1. The van der Waals surface area contributed by atoms with Crippen LogP contribution in [0.15, 0.2) is 18.2 Å². The summed E-state index contributed by atoms with van der Waals surface area (Å²) in [5.41, 5.74) is -5.30. The summed E-state index contributed by atoms with van der Waals surface area (Å²) in [5, 5.41) is 51.3. The fourth-order valence-electron chi connectivity index (χ4n) is 2.27. The first-order chi connectivity index (χ1) is 10.2. The molecule has 0 bridgehead atoms. The van der Waals surface area contributed by atoms with Gasteiger partial charge in [0.15, 0.2) is 12.5 Å². The minimum Gasteiger partial charge on any atom is -0.386 e. The van der Waals surface area contributed by atoms with Gasteiger partial charge in [-0.25, -0.2) is 4.39 Å². The Morgan fingerprint density at radius 1 is 1.27 bits per heavy atom. The quantitative estimate of drug-likeness (QED) is 0.508. The van der Waals surface area contributed by atoms with E-state index in [2.05, 4.69) is 4.74 Å². The van der Waals surface area contributed by atoms with Crippen LogP contribution in [0.4, 0.5) is 15.8 Å². The zero-order valence-corrected chi connectivity index (χ0v) is 10.8. The van der Waals surface area contributed by atoms with Crippen LogP contribution in [0.1, 0.15) is 5.56 Å². The smallest absolute Gasteiger partial charge is 0.352 e. The van der Waals surface area contributed by atoms with Crippen LogP contribution >= 0.6 is 0 Å². The fraction of sp³-hybridized carbons (Fsp3) is 0.455. The van der Waals surface area contributed by atoms with E-state index in [0.29, 0.717) is 0 Å². The number of benzene rings is 1. The summed E-state index contributed by atoms with van der Waals surface area (Å²) in [7, 11) is 0. The van der Waals surface area contributed by atoms with Gasteiger partial charge in [0.25, 0.3) is 0 Å². The summed E-state index contributed by atoms with van der Waals surface area (Å²) < 4.78 is 18.2. The summed E-state index contributed by atoms with van der Waals surface area (Å²) in [6.45, 7) is -0.877. The van der Waals surface area contributed by atoms with Gasteiger partial charge in [0.2, 0.25) is 0 Å². The molecule has 22 heavy (non-hydrogen) atoms. The summed E-state index contributed by atoms with van der Waals surface area (Å²) in [4.78, 5) is 19.8. The van der Waals surface area contributed by atoms with Crippen molar-refractivity contribution in [1.82, 2.24) is 0 Å². The van der Waals surface area contributed by atoms with Crippen molar-refractivity contribution in [3.05, 3.63) is 44.0 Å². The zero-order chi connectivity index (χ0) is 16.7. The van der Waals surface area contributed by atoms with Gasteiger partial charge in [-0.1, -0.05) is 6.07 Å². The van der Waals surface area contributed by atoms with E-state index in [0.717, 1.165) is 18.2 Å². The molecular formula is C11H11FN2O8. The number of aliphatic hydroxyl groups is 3. The van der Waals surface area contributed by atoms with E-state index in [9.17, 15) is 34.8 Å². The molecule has 0 aliphatic carbocycles. The second kappa shape index (κ2) is 5.53. The number of alkyl halides is 1. The van der Waals surface area contributed by atoms with Crippen molar-refractivity contribution in [2.75, 3.05) is 6.61 Å². The van der Waals surface area contributed by atoms with Crippen molar-refractivity contribution >= 4 is 11.4 Å². The molecule has 1 aliphatic rings. The molecule has 0 aromatic heterocycles. The van der Waals surface area contributed by atoms with Gasteiger partial charge in [-0.3, -0.25) is 20.2 Å². The Morgan fingerprint density at radius 3 is 2.45 bits per heavy atom. The van der Waals surface area contributed by atoms with E-state index in [1.54, 1.807) is 0 Å². The number of para-hydroxylation sites is 1. The minimum atomic E-state index is -2.62. The number of halogens is 1. The Labute approximate surface area is 121 Å². The monoisotopic (exact) mass is 318 g/mol. The molecule has 11 heteroatoms. The van der Waals surface area contributed by atoms with E-state index < -0.39 is 57.6 Å². The van der Waals surface area contributed by atoms with E-state index in [1.165, 1.54) is 0 Å². The van der Waals surface area contributed by atoms with Crippen LogP contribution in [0, 0.1) is 20.2 Å². The number of hydrogen-bond acceptors (Lipinski definition) is 8. The molecule has 1 aromatic carbocycles. The van der Waals surface area contributed by atoms with Crippen molar-refractivity contribution in [3.63, 3.8) is 0 Å². The molecule has 4 atom stereocenters. The molecule has 1 aliphatic heterocycles. The first-order valence-corrected chi connectivity index (χ1v) is 5.96. The zero-order valence-electron chi connectivity index (χ0n) is 10.8. The highest BCUT2D eigenvalue weighted by atomic mass is 19.1. The SMILES string of the molecule is O=[N+]([O-])c1cccc([C@@]2(O)CO[C@@H](O)[C@H](F)[C@H]2O)c1[N+](=O)[O-]. The lowest BCUT2D eigenvalue weighted by molar-refractivity contribution is -0.424. The molecule has 0 unspecified atom stereocenters. The molecule has 1 aromatic rings. The van der Waals surface area contributed by atoms with Gasteiger partial charge in [-0.15, -0.1) is 0 Å². The molecule has 2 rings (SSSR count). The van der Waals surface area contributed by atoms with E-state index in [-0.39, 0.29) is 0 Å². The van der Waals surface area contributed by atoms with E-state index >= 15 is 0 Å². The Bertz CT molecular complexity index is 626. The van der Waals surface area contributed by atoms with Crippen molar-refractivity contribution in [2.24, 2.45) is 0 Å². The second-order valence-corrected chi connectivity index (χ2v) is 4.70. The van der Waals surface area contributed by atoms with Gasteiger partial charge >= 0.3 is 11.4 Å². The van der Waals surface area contributed by atoms with Crippen LogP contribution in [-0.4, -0.2) is 50.3 Å². The third kappa shape index (κ3) is 2.39. The topological polar surface area (TPSA) is 156 Å². The average molecular weight is 318 g/mol. The molecule has 120 valence electrons. The number of nitro groups is 2. The minimum absolute atomic E-state index is 0.672. The lowest BCUT2D eigenvalue weighted by atomic mass is 9.83. The van der Waals surface area contributed by atoms with Crippen LogP contribution in [0.5, 0.6) is 0 Å². The summed E-state index contributed by atoms with van der Waals surface area (Å²) in [6.07, 6.45) is -6.73. The van der Waals surface area contributed by atoms with Gasteiger partial charge < -0.3 is 20.1 Å². The third-order valence-electron chi connectivity index (χ3n) is 3.40. The van der Waals surface area contributed by atoms with Crippen LogP contribution < -0.4 is 0 Å². The molecule has 3 N–H and O–H groups in total. The van der Waals surface area contributed by atoms with Crippen LogP contribution in [0.3, 0.4) is 0 Å². The molecular weight excluding hydrogens is 307 g/mol. The number of nitro benzene ring substituents is 2. The molecule has 0 radical (unpaired) electrons. The van der Waals surface area contributed by atoms with Crippen molar-refractivity contribution in [2.45, 2.75) is 24.2 Å². The number of aliphatic hydroxyl groups excluding tert-OH is 2. The number of rotatable bonds is 3. The summed E-state index contributed by atoms with van der Waals surface area (Å²) in [6, 6.07) is 2.83. The number of hydrogen-bond donors (Lipinski definition) is 3. The van der Waals surface area contributed by atoms with Crippen LogP contribution in [-0.2, 0) is 10.3 Å². The van der Waals surface area contributed by atoms with Crippen LogP contribution in [0.2, 0.25) is 0 Å². The maximum atomic E-state index is 13.7. The van der Waals surface area contributed by atoms with Gasteiger partial charge in [-0.2, -0.15) is 0 Å². The molecule has 0 amide bonds. The average Bonchev–Trinajstić information content (AvgIpc) is 2.48. The Hall–Kier alpha value is -2.21. The lowest BCUT2D eigenvalue weighted by Crippen LogP contribution is -2.57. The van der Waals surface area contributed by atoms with Gasteiger partial charge in [0, 0.05) is 6.07 Å². The number of nitrogens with zero attached hydrogens (tertiary/aromatic N) is 2. The molecule has 10 nitrogen and oxygen atoms in total. The Kier molecular flexibility index (Phi) is 4.06. The highest BCUT2D eigenvalue weighted by molar-refractivity contribution is 5.60. The highest BCUT2D eigenvalue weighted by Gasteiger charge is 2.54. The van der Waals surface area contributed by atoms with Crippen LogP contribution in [0.25, 0.3) is 0 Å². The van der Waals surface area contributed by atoms with Crippen molar-refractivity contribution < 1.29 is 34.3 Å². The Balaban J connectivity index is 2.63. The summed E-state index contributed by atoms with van der Waals surface area (Å²) >= 11 is 0. The number of ether oxygens (including phenoxy) is 1. The maximum Gasteiger partial charge on any atom is 0.352 e. The lowest BCUT2D eigenvalue weighted by Gasteiger charge is -2.40. The Morgan fingerprint density at radius 2 is 1.91 bits per heavy atom. The predicted octanol–water partition coefficient (Wildman–Crippen LogP) is -0.262. The van der Waals surface area contributed by atoms with E-state index in [4.69, 9.17) is 5.11 Å². The van der Waals surface area contributed by atoms with Gasteiger partial charge in [0.1, 0.15) is 11.7 Å². The van der Waals surface area contributed by atoms with Crippen molar-refractivity contribution in [3.8, 4) is 0 Å². The second-order valence-electron chi connectivity index (χ2n) is 4.70. The molecule has 0 saturated carbocycles. The molecule has 1 fully saturated rings. The van der Waals surface area contributed by atoms with Crippen molar-refractivity contribution in [1.29, 1.82) is 0 Å². The highest BCUT2D eigenvalue weighted by Crippen LogP contribution is 2.42. The first kappa shape index (κ1) is 16.2. The molecule has 1 saturated heterocycles. The van der Waals surface area contributed by atoms with E-state index in [1.807, 2.05) is 0 Å². The third-order valence-corrected chi connectivity index (χ3v) is 3.40.